The van der Waals surface area contributed by atoms with Gasteiger partial charge in [0.1, 0.15) is 6.10 Å². The molecule has 0 bridgehead atoms. The highest BCUT2D eigenvalue weighted by Crippen LogP contribution is 2.29. The van der Waals surface area contributed by atoms with E-state index in [1.165, 1.54) is 0 Å². The maximum absolute atomic E-state index is 12.4. The van der Waals surface area contributed by atoms with Crippen LogP contribution in [0.1, 0.15) is 54.9 Å². The maximum atomic E-state index is 12.4. The summed E-state index contributed by atoms with van der Waals surface area (Å²) in [5, 5.41) is 6.67. The number of amides is 1. The molecule has 1 amide bonds. The summed E-state index contributed by atoms with van der Waals surface area (Å²) in [4.78, 5) is 16.7. The number of hydrogen-bond donors (Lipinski definition) is 1. The molecule has 0 aliphatic carbocycles. The first-order valence-corrected chi connectivity index (χ1v) is 8.83. The molecule has 0 saturated carbocycles. The van der Waals surface area contributed by atoms with Gasteiger partial charge in [0.25, 0.3) is 11.8 Å². The van der Waals surface area contributed by atoms with Gasteiger partial charge in [-0.3, -0.25) is 4.79 Å². The van der Waals surface area contributed by atoms with Crippen LogP contribution in [-0.4, -0.2) is 35.9 Å². The zero-order valence-corrected chi connectivity index (χ0v) is 15.0. The number of rotatable bonds is 8. The minimum absolute atomic E-state index is 0.133. The van der Waals surface area contributed by atoms with E-state index < -0.39 is 0 Å². The number of hydrogen-bond acceptors (Lipinski definition) is 7. The van der Waals surface area contributed by atoms with Gasteiger partial charge in [0.2, 0.25) is 0 Å². The van der Waals surface area contributed by atoms with Crippen LogP contribution < -0.4 is 14.8 Å². The Morgan fingerprint density at radius 1 is 1.27 bits per heavy atom. The first-order valence-electron chi connectivity index (χ1n) is 8.83. The standard InChI is InChI=1S/C18H23N3O5/c1-3-23-13-8-7-12(10-15(13)24-4-2)17(22)19-11-16-20-18(26-21-16)14-6-5-9-25-14/h7-8,10,14H,3-6,9,11H2,1-2H3,(H,19,22)/t14-/m1/s1. The number of benzene rings is 1. The molecule has 1 fully saturated rings. The Hall–Kier alpha value is -2.61. The molecule has 1 saturated heterocycles. The predicted molar refractivity (Wildman–Crippen MR) is 92.2 cm³/mol. The van der Waals surface area contributed by atoms with E-state index in [9.17, 15) is 4.79 Å². The molecular formula is C18H23N3O5. The molecule has 0 radical (unpaired) electrons. The van der Waals surface area contributed by atoms with Gasteiger partial charge in [-0.25, -0.2) is 0 Å². The largest absolute Gasteiger partial charge is 0.490 e. The fourth-order valence-electron chi connectivity index (χ4n) is 2.70. The van der Waals surface area contributed by atoms with Crippen molar-refractivity contribution in [2.45, 2.75) is 39.3 Å². The van der Waals surface area contributed by atoms with Crippen molar-refractivity contribution in [1.29, 1.82) is 0 Å². The molecule has 0 spiro atoms. The Balaban J connectivity index is 1.61. The molecule has 1 aliphatic heterocycles. The van der Waals surface area contributed by atoms with Gasteiger partial charge in [0.05, 0.1) is 19.8 Å². The van der Waals surface area contributed by atoms with Crippen LogP contribution in [0.4, 0.5) is 0 Å². The van der Waals surface area contributed by atoms with E-state index in [4.69, 9.17) is 18.7 Å². The number of nitrogens with one attached hydrogen (secondary N) is 1. The summed E-state index contributed by atoms with van der Waals surface area (Å²) in [6.45, 7) is 5.66. The summed E-state index contributed by atoms with van der Waals surface area (Å²) in [6, 6.07) is 5.09. The molecule has 8 heteroatoms. The zero-order valence-electron chi connectivity index (χ0n) is 15.0. The molecule has 2 aromatic rings. The van der Waals surface area contributed by atoms with Gasteiger partial charge in [-0.05, 0) is 44.9 Å². The van der Waals surface area contributed by atoms with Gasteiger partial charge in [0.15, 0.2) is 17.3 Å². The average Bonchev–Trinajstić information content (AvgIpc) is 3.33. The molecule has 26 heavy (non-hydrogen) atoms. The van der Waals surface area contributed by atoms with Crippen molar-refractivity contribution < 1.29 is 23.5 Å². The lowest BCUT2D eigenvalue weighted by Crippen LogP contribution is -2.23. The van der Waals surface area contributed by atoms with Crippen molar-refractivity contribution in [3.8, 4) is 11.5 Å². The fraction of sp³-hybridized carbons (Fsp3) is 0.500. The lowest BCUT2D eigenvalue weighted by molar-refractivity contribution is 0.0835. The molecule has 1 aromatic heterocycles. The third-order valence-corrected chi connectivity index (χ3v) is 3.90. The average molecular weight is 361 g/mol. The second kappa shape index (κ2) is 8.66. The fourth-order valence-corrected chi connectivity index (χ4v) is 2.70. The maximum Gasteiger partial charge on any atom is 0.255 e. The summed E-state index contributed by atoms with van der Waals surface area (Å²) in [7, 11) is 0. The second-order valence-corrected chi connectivity index (χ2v) is 5.76. The molecule has 8 nitrogen and oxygen atoms in total. The van der Waals surface area contributed by atoms with E-state index in [0.29, 0.717) is 48.6 Å². The smallest absolute Gasteiger partial charge is 0.255 e. The van der Waals surface area contributed by atoms with Crippen LogP contribution in [0.3, 0.4) is 0 Å². The van der Waals surface area contributed by atoms with Crippen LogP contribution in [0.2, 0.25) is 0 Å². The molecule has 2 heterocycles. The lowest BCUT2D eigenvalue weighted by atomic mass is 10.2. The zero-order chi connectivity index (χ0) is 18.4. The number of nitrogens with zero attached hydrogens (tertiary/aromatic N) is 2. The van der Waals surface area contributed by atoms with E-state index in [-0.39, 0.29) is 18.6 Å². The summed E-state index contributed by atoms with van der Waals surface area (Å²) >= 11 is 0. The SMILES string of the molecule is CCOc1ccc(C(=O)NCc2noc([C@H]3CCCO3)n2)cc1OCC. The van der Waals surface area contributed by atoms with Crippen LogP contribution in [0, 0.1) is 0 Å². The predicted octanol–water partition coefficient (Wildman–Crippen LogP) is 2.65. The van der Waals surface area contributed by atoms with Crippen molar-refractivity contribution in [3.05, 3.63) is 35.5 Å². The number of ether oxygens (including phenoxy) is 3. The molecule has 3 rings (SSSR count). The topological polar surface area (TPSA) is 95.7 Å². The van der Waals surface area contributed by atoms with Crippen molar-refractivity contribution in [2.75, 3.05) is 19.8 Å². The normalized spacial score (nSPS) is 16.5. The van der Waals surface area contributed by atoms with Crippen molar-refractivity contribution in [2.24, 2.45) is 0 Å². The van der Waals surface area contributed by atoms with Crippen LogP contribution in [-0.2, 0) is 11.3 Å². The van der Waals surface area contributed by atoms with Crippen molar-refractivity contribution in [1.82, 2.24) is 15.5 Å². The number of carbonyl (C=O) groups excluding carboxylic acids is 1. The summed E-state index contributed by atoms with van der Waals surface area (Å²) in [5.41, 5.74) is 0.472. The minimum atomic E-state index is -0.252. The highest BCUT2D eigenvalue weighted by Gasteiger charge is 2.24. The van der Waals surface area contributed by atoms with Crippen LogP contribution in [0.15, 0.2) is 22.7 Å². The summed E-state index contributed by atoms with van der Waals surface area (Å²) in [6.07, 6.45) is 1.73. The van der Waals surface area contributed by atoms with Gasteiger partial charge in [-0.15, -0.1) is 0 Å². The molecule has 1 aliphatic rings. The molecular weight excluding hydrogens is 338 g/mol. The van der Waals surface area contributed by atoms with Gasteiger partial charge in [0, 0.05) is 12.2 Å². The molecule has 1 N–H and O–H groups in total. The first-order chi connectivity index (χ1) is 12.7. The highest BCUT2D eigenvalue weighted by molar-refractivity contribution is 5.94. The van der Waals surface area contributed by atoms with Crippen molar-refractivity contribution >= 4 is 5.91 Å². The van der Waals surface area contributed by atoms with Gasteiger partial charge >= 0.3 is 0 Å². The van der Waals surface area contributed by atoms with E-state index in [1.54, 1.807) is 18.2 Å². The molecule has 140 valence electrons. The van der Waals surface area contributed by atoms with Gasteiger partial charge in [-0.1, -0.05) is 5.16 Å². The van der Waals surface area contributed by atoms with Gasteiger partial charge in [-0.2, -0.15) is 4.98 Å². The lowest BCUT2D eigenvalue weighted by Gasteiger charge is -2.12. The number of aromatic nitrogens is 2. The second-order valence-electron chi connectivity index (χ2n) is 5.76. The Kier molecular flexibility index (Phi) is 6.06. The molecule has 1 atom stereocenters. The van der Waals surface area contributed by atoms with Crippen LogP contribution in [0.5, 0.6) is 11.5 Å². The summed E-state index contributed by atoms with van der Waals surface area (Å²) in [5.74, 6) is 1.79. The van der Waals surface area contributed by atoms with E-state index in [1.807, 2.05) is 13.8 Å². The Morgan fingerprint density at radius 2 is 2.08 bits per heavy atom. The van der Waals surface area contributed by atoms with E-state index >= 15 is 0 Å². The monoisotopic (exact) mass is 361 g/mol. The highest BCUT2D eigenvalue weighted by atomic mass is 16.5. The Labute approximate surface area is 151 Å². The van der Waals surface area contributed by atoms with Gasteiger partial charge < -0.3 is 24.1 Å². The quantitative estimate of drug-likeness (QED) is 0.772. The Morgan fingerprint density at radius 3 is 2.81 bits per heavy atom. The third-order valence-electron chi connectivity index (χ3n) is 3.90. The number of carbonyl (C=O) groups is 1. The summed E-state index contributed by atoms with van der Waals surface area (Å²) < 4.78 is 21.8. The minimum Gasteiger partial charge on any atom is -0.490 e. The van der Waals surface area contributed by atoms with Crippen LogP contribution >= 0.6 is 0 Å². The van der Waals surface area contributed by atoms with Crippen LogP contribution in [0.25, 0.3) is 0 Å². The van der Waals surface area contributed by atoms with Crippen molar-refractivity contribution in [3.63, 3.8) is 0 Å². The van der Waals surface area contributed by atoms with E-state index in [2.05, 4.69) is 15.5 Å². The Bertz CT molecular complexity index is 740. The molecule has 0 unspecified atom stereocenters. The first kappa shape index (κ1) is 18.2. The van der Waals surface area contributed by atoms with E-state index in [0.717, 1.165) is 12.8 Å². The third kappa shape index (κ3) is 4.32. The molecule has 1 aromatic carbocycles.